The first-order chi connectivity index (χ1) is 8.74. The lowest BCUT2D eigenvalue weighted by atomic mass is 10.0. The van der Waals surface area contributed by atoms with Gasteiger partial charge in [0.2, 0.25) is 0 Å². The number of nitrogens with zero attached hydrogens (tertiary/aromatic N) is 3. The molecule has 0 saturated carbocycles. The third kappa shape index (κ3) is 4.66. The van der Waals surface area contributed by atoms with E-state index in [1.807, 2.05) is 19.0 Å². The minimum absolute atomic E-state index is 0.132. The smallest absolute Gasteiger partial charge is 0.319 e. The molecule has 5 nitrogen and oxygen atoms in total. The molecule has 0 radical (unpaired) electrons. The molecular formula is C14H30N4O. The summed E-state index contributed by atoms with van der Waals surface area (Å²) in [4.78, 5) is 17.7. The van der Waals surface area contributed by atoms with E-state index in [9.17, 15) is 4.79 Å². The quantitative estimate of drug-likeness (QED) is 0.830. The van der Waals surface area contributed by atoms with Gasteiger partial charge in [-0.3, -0.25) is 0 Å². The molecule has 1 aliphatic heterocycles. The lowest BCUT2D eigenvalue weighted by Gasteiger charge is -2.37. The minimum Gasteiger partial charge on any atom is -0.331 e. The highest BCUT2D eigenvalue weighted by atomic mass is 16.2. The highest BCUT2D eigenvalue weighted by Gasteiger charge is 2.26. The maximum Gasteiger partial charge on any atom is 0.319 e. The van der Waals surface area contributed by atoms with Crippen LogP contribution in [0.3, 0.4) is 0 Å². The predicted molar refractivity (Wildman–Crippen MR) is 79.4 cm³/mol. The zero-order valence-corrected chi connectivity index (χ0v) is 13.4. The molecule has 1 fully saturated rings. The van der Waals surface area contributed by atoms with Crippen LogP contribution in [0.1, 0.15) is 26.7 Å². The topological polar surface area (TPSA) is 38.8 Å². The van der Waals surface area contributed by atoms with Crippen molar-refractivity contribution < 1.29 is 4.79 Å². The summed E-state index contributed by atoms with van der Waals surface area (Å²) in [5.41, 5.74) is 0.163. The van der Waals surface area contributed by atoms with Gasteiger partial charge in [0, 0.05) is 45.3 Å². The number of hydrogen-bond donors (Lipinski definition) is 1. The normalized spacial score (nSPS) is 17.9. The van der Waals surface area contributed by atoms with Crippen molar-refractivity contribution in [1.29, 1.82) is 0 Å². The number of nitrogens with one attached hydrogen (secondary N) is 1. The maximum absolute atomic E-state index is 11.8. The maximum atomic E-state index is 11.8. The molecule has 0 unspecified atom stereocenters. The van der Waals surface area contributed by atoms with Crippen LogP contribution in [-0.2, 0) is 0 Å². The van der Waals surface area contributed by atoms with Gasteiger partial charge in [-0.2, -0.15) is 0 Å². The Morgan fingerprint density at radius 3 is 2.16 bits per heavy atom. The van der Waals surface area contributed by atoms with Crippen molar-refractivity contribution in [2.75, 3.05) is 47.8 Å². The summed E-state index contributed by atoms with van der Waals surface area (Å²) < 4.78 is 0. The van der Waals surface area contributed by atoms with E-state index in [1.165, 1.54) is 0 Å². The molecule has 19 heavy (non-hydrogen) atoms. The van der Waals surface area contributed by atoms with Gasteiger partial charge in [-0.15, -0.1) is 0 Å². The first-order valence-corrected chi connectivity index (χ1v) is 7.11. The summed E-state index contributed by atoms with van der Waals surface area (Å²) in [7, 11) is 7.85. The standard InChI is InChI=1S/C14H30N4O/c1-14(2,17(5)6)11-15-12-7-9-18(10-8-12)13(19)16(3)4/h12,15H,7-11H2,1-6H3. The second-order valence-electron chi connectivity index (χ2n) is 6.53. The van der Waals surface area contributed by atoms with E-state index in [2.05, 4.69) is 38.2 Å². The van der Waals surface area contributed by atoms with E-state index in [1.54, 1.807) is 4.90 Å². The Bertz CT molecular complexity index is 294. The molecule has 1 heterocycles. The molecule has 0 aromatic carbocycles. The van der Waals surface area contributed by atoms with E-state index < -0.39 is 0 Å². The Morgan fingerprint density at radius 1 is 1.21 bits per heavy atom. The van der Waals surface area contributed by atoms with Crippen LogP contribution in [0.2, 0.25) is 0 Å². The molecule has 0 aromatic rings. The predicted octanol–water partition coefficient (Wildman–Crippen LogP) is 1.06. The summed E-state index contributed by atoms with van der Waals surface area (Å²) in [5, 5.41) is 3.64. The number of rotatable bonds is 4. The van der Waals surface area contributed by atoms with Gasteiger partial charge in [0.25, 0.3) is 0 Å². The van der Waals surface area contributed by atoms with Gasteiger partial charge in [0.15, 0.2) is 0 Å². The van der Waals surface area contributed by atoms with Gasteiger partial charge >= 0.3 is 6.03 Å². The van der Waals surface area contributed by atoms with Crippen molar-refractivity contribution in [1.82, 2.24) is 20.0 Å². The van der Waals surface area contributed by atoms with E-state index >= 15 is 0 Å². The molecule has 5 heteroatoms. The molecular weight excluding hydrogens is 240 g/mol. The number of urea groups is 1. The Hall–Kier alpha value is -0.810. The summed E-state index contributed by atoms with van der Waals surface area (Å²) >= 11 is 0. The Morgan fingerprint density at radius 2 is 1.74 bits per heavy atom. The van der Waals surface area contributed by atoms with Gasteiger partial charge in [-0.05, 0) is 40.8 Å². The molecule has 0 atom stereocenters. The van der Waals surface area contributed by atoms with E-state index in [0.29, 0.717) is 6.04 Å². The summed E-state index contributed by atoms with van der Waals surface area (Å²) in [5.74, 6) is 0. The fourth-order valence-electron chi connectivity index (χ4n) is 2.11. The average Bonchev–Trinajstić information content (AvgIpc) is 2.36. The molecule has 112 valence electrons. The second-order valence-corrected chi connectivity index (χ2v) is 6.53. The Kier molecular flexibility index (Phi) is 5.62. The molecule has 1 rings (SSSR count). The largest absolute Gasteiger partial charge is 0.331 e. The fraction of sp³-hybridized carbons (Fsp3) is 0.929. The van der Waals surface area contributed by atoms with Gasteiger partial charge in [-0.1, -0.05) is 0 Å². The van der Waals surface area contributed by atoms with Gasteiger partial charge < -0.3 is 20.0 Å². The fourth-order valence-corrected chi connectivity index (χ4v) is 2.11. The van der Waals surface area contributed by atoms with Crippen LogP contribution >= 0.6 is 0 Å². The average molecular weight is 270 g/mol. The number of likely N-dealkylation sites (N-methyl/N-ethyl adjacent to an activating group) is 1. The van der Waals surface area contributed by atoms with Crippen molar-refractivity contribution in [3.63, 3.8) is 0 Å². The van der Waals surface area contributed by atoms with Crippen molar-refractivity contribution in [2.45, 2.75) is 38.3 Å². The van der Waals surface area contributed by atoms with Crippen LogP contribution in [-0.4, -0.2) is 80.1 Å². The minimum atomic E-state index is 0.132. The molecule has 0 bridgehead atoms. The van der Waals surface area contributed by atoms with E-state index in [0.717, 1.165) is 32.5 Å². The zero-order chi connectivity index (χ0) is 14.6. The third-order valence-corrected chi connectivity index (χ3v) is 4.18. The molecule has 1 aliphatic rings. The van der Waals surface area contributed by atoms with Crippen LogP contribution in [0.5, 0.6) is 0 Å². The molecule has 0 aliphatic carbocycles. The second kappa shape index (κ2) is 6.57. The highest BCUT2D eigenvalue weighted by Crippen LogP contribution is 2.14. The number of carbonyl (C=O) groups excluding carboxylic acids is 1. The highest BCUT2D eigenvalue weighted by molar-refractivity contribution is 5.73. The molecule has 0 aromatic heterocycles. The summed E-state index contributed by atoms with van der Waals surface area (Å²) in [6.07, 6.45) is 2.09. The van der Waals surface area contributed by atoms with Crippen molar-refractivity contribution >= 4 is 6.03 Å². The number of likely N-dealkylation sites (tertiary alicyclic amines) is 1. The van der Waals surface area contributed by atoms with Crippen molar-refractivity contribution in [3.8, 4) is 0 Å². The first kappa shape index (κ1) is 16.2. The lowest BCUT2D eigenvalue weighted by molar-refractivity contribution is 0.143. The van der Waals surface area contributed by atoms with Crippen LogP contribution in [0.15, 0.2) is 0 Å². The lowest BCUT2D eigenvalue weighted by Crippen LogP contribution is -2.52. The number of piperidine rings is 1. The molecule has 0 spiro atoms. The van der Waals surface area contributed by atoms with Gasteiger partial charge in [-0.25, -0.2) is 4.79 Å². The molecule has 1 saturated heterocycles. The van der Waals surface area contributed by atoms with Crippen LogP contribution in [0.4, 0.5) is 4.79 Å². The van der Waals surface area contributed by atoms with Crippen LogP contribution in [0, 0.1) is 0 Å². The third-order valence-electron chi connectivity index (χ3n) is 4.18. The number of amides is 2. The van der Waals surface area contributed by atoms with Crippen molar-refractivity contribution in [3.05, 3.63) is 0 Å². The molecule has 2 amide bonds. The Labute approximate surface area is 117 Å². The van der Waals surface area contributed by atoms with Gasteiger partial charge in [0.05, 0.1) is 0 Å². The molecule has 1 N–H and O–H groups in total. The van der Waals surface area contributed by atoms with Crippen molar-refractivity contribution in [2.24, 2.45) is 0 Å². The zero-order valence-electron chi connectivity index (χ0n) is 13.4. The number of hydrogen-bond acceptors (Lipinski definition) is 3. The first-order valence-electron chi connectivity index (χ1n) is 7.11. The summed E-state index contributed by atoms with van der Waals surface area (Å²) in [6, 6.07) is 0.664. The SMILES string of the molecule is CN(C)C(=O)N1CCC(NCC(C)(C)N(C)C)CC1. The van der Waals surface area contributed by atoms with Crippen LogP contribution in [0.25, 0.3) is 0 Å². The van der Waals surface area contributed by atoms with Crippen LogP contribution < -0.4 is 5.32 Å². The summed E-state index contributed by atoms with van der Waals surface area (Å²) in [6.45, 7) is 7.18. The van der Waals surface area contributed by atoms with E-state index in [-0.39, 0.29) is 11.6 Å². The Balaban J connectivity index is 2.33. The van der Waals surface area contributed by atoms with Gasteiger partial charge in [0.1, 0.15) is 0 Å². The monoisotopic (exact) mass is 270 g/mol. The van der Waals surface area contributed by atoms with E-state index in [4.69, 9.17) is 0 Å². The number of carbonyl (C=O) groups is 1.